The number of phenolic OH excluding ortho intramolecular Hbond substituents is 1. The van der Waals surface area contributed by atoms with E-state index >= 15 is 0 Å². The van der Waals surface area contributed by atoms with Crippen LogP contribution in [0.15, 0.2) is 24.3 Å². The number of hydrogen-bond donors (Lipinski definition) is 1. The quantitative estimate of drug-likeness (QED) is 0.815. The Balaban J connectivity index is 1.63. The molecule has 0 saturated carbocycles. The zero-order valence-corrected chi connectivity index (χ0v) is 15.0. The molecule has 0 aliphatic carbocycles. The minimum atomic E-state index is -0.487. The predicted octanol–water partition coefficient (Wildman–Crippen LogP) is 2.57. The molecule has 0 saturated heterocycles. The normalized spacial score (nSPS) is 23.0. The fourth-order valence-corrected chi connectivity index (χ4v) is 4.26. The summed E-state index contributed by atoms with van der Waals surface area (Å²) >= 11 is 0. The van der Waals surface area contributed by atoms with Gasteiger partial charge in [0.05, 0.1) is 13.2 Å². The summed E-state index contributed by atoms with van der Waals surface area (Å²) in [5.74, 6) is 1.13. The molecule has 1 N–H and O–H groups in total. The van der Waals surface area contributed by atoms with Crippen molar-refractivity contribution in [2.24, 2.45) is 0 Å². The molecule has 3 aliphatic heterocycles. The monoisotopic (exact) mass is 369 g/mol. The van der Waals surface area contributed by atoms with E-state index in [0.717, 1.165) is 29.7 Å². The van der Waals surface area contributed by atoms with Gasteiger partial charge < -0.3 is 24.1 Å². The van der Waals surface area contributed by atoms with Gasteiger partial charge in [-0.05, 0) is 42.8 Å². The average Bonchev–Trinajstić information content (AvgIpc) is 3.25. The number of rotatable bonds is 2. The summed E-state index contributed by atoms with van der Waals surface area (Å²) in [5, 5.41) is 10.3. The summed E-state index contributed by atoms with van der Waals surface area (Å²) < 4.78 is 21.9. The van der Waals surface area contributed by atoms with Crippen LogP contribution in [0.3, 0.4) is 0 Å². The van der Waals surface area contributed by atoms with Crippen molar-refractivity contribution < 1.29 is 28.8 Å². The number of ether oxygens (including phenoxy) is 4. The van der Waals surface area contributed by atoms with Gasteiger partial charge in [0, 0.05) is 12.1 Å². The van der Waals surface area contributed by atoms with Gasteiger partial charge in [-0.3, -0.25) is 4.90 Å². The minimum absolute atomic E-state index is 0.0757. The van der Waals surface area contributed by atoms with Crippen molar-refractivity contribution in [3.05, 3.63) is 46.5 Å². The van der Waals surface area contributed by atoms with E-state index in [2.05, 4.69) is 4.90 Å². The standard InChI is InChI=1S/C20H19NO6/c1-21-6-5-10-7-15(24-2)13(22)8-12(10)17(21)18-11-3-4-14-19(26-9-25-14)16(11)20(23)27-18/h3-4,7-8,17-18,22H,5-6,9H2,1-2H3/t17-,18-/m0/s1. The largest absolute Gasteiger partial charge is 0.504 e. The molecule has 3 aliphatic rings. The topological polar surface area (TPSA) is 77.5 Å². The SMILES string of the molecule is COc1cc2c(cc1O)[C@@H]([C@H]1OC(=O)c3c1ccc1c3OCO1)N(C)CC2. The number of phenols is 1. The van der Waals surface area contributed by atoms with Gasteiger partial charge in [0.25, 0.3) is 0 Å². The van der Waals surface area contributed by atoms with Crippen LogP contribution in [0.4, 0.5) is 0 Å². The first-order valence-electron chi connectivity index (χ1n) is 8.82. The van der Waals surface area contributed by atoms with Crippen LogP contribution in [-0.4, -0.2) is 43.5 Å². The summed E-state index contributed by atoms with van der Waals surface area (Å²) in [5.41, 5.74) is 3.24. The molecule has 27 heavy (non-hydrogen) atoms. The highest BCUT2D eigenvalue weighted by molar-refractivity contribution is 5.98. The van der Waals surface area contributed by atoms with E-state index in [1.807, 2.05) is 25.2 Å². The van der Waals surface area contributed by atoms with Crippen molar-refractivity contribution in [3.63, 3.8) is 0 Å². The maximum atomic E-state index is 12.6. The number of aromatic hydroxyl groups is 1. The smallest absolute Gasteiger partial charge is 0.343 e. The average molecular weight is 369 g/mol. The Kier molecular flexibility index (Phi) is 3.48. The molecular formula is C20H19NO6. The van der Waals surface area contributed by atoms with Crippen LogP contribution in [0.5, 0.6) is 23.0 Å². The summed E-state index contributed by atoms with van der Waals surface area (Å²) in [6.45, 7) is 0.906. The molecule has 0 spiro atoms. The molecule has 2 aromatic carbocycles. The minimum Gasteiger partial charge on any atom is -0.504 e. The molecular weight excluding hydrogens is 350 g/mol. The number of methoxy groups -OCH3 is 1. The van der Waals surface area contributed by atoms with E-state index in [9.17, 15) is 9.90 Å². The van der Waals surface area contributed by atoms with Crippen LogP contribution in [0.2, 0.25) is 0 Å². The summed E-state index contributed by atoms with van der Waals surface area (Å²) in [7, 11) is 3.53. The highest BCUT2D eigenvalue weighted by Gasteiger charge is 2.44. The van der Waals surface area contributed by atoms with Gasteiger partial charge in [0.1, 0.15) is 11.7 Å². The molecule has 0 bridgehead atoms. The van der Waals surface area contributed by atoms with Crippen molar-refractivity contribution in [1.82, 2.24) is 4.90 Å². The van der Waals surface area contributed by atoms with Gasteiger partial charge in [0.2, 0.25) is 6.79 Å². The first-order valence-corrected chi connectivity index (χ1v) is 8.82. The molecule has 7 nitrogen and oxygen atoms in total. The second kappa shape index (κ2) is 5.79. The molecule has 7 heteroatoms. The van der Waals surface area contributed by atoms with Crippen molar-refractivity contribution in [1.29, 1.82) is 0 Å². The van der Waals surface area contributed by atoms with Crippen molar-refractivity contribution in [2.45, 2.75) is 18.6 Å². The lowest BCUT2D eigenvalue weighted by atomic mass is 9.86. The Bertz CT molecular complexity index is 956. The van der Waals surface area contributed by atoms with Crippen LogP contribution < -0.4 is 14.2 Å². The first-order chi connectivity index (χ1) is 13.1. The summed E-state index contributed by atoms with van der Waals surface area (Å²) in [6.07, 6.45) is 0.340. The zero-order valence-electron chi connectivity index (χ0n) is 15.0. The van der Waals surface area contributed by atoms with Gasteiger partial charge in [-0.1, -0.05) is 6.07 Å². The van der Waals surface area contributed by atoms with E-state index in [1.54, 1.807) is 6.07 Å². The van der Waals surface area contributed by atoms with Crippen LogP contribution in [0.1, 0.15) is 39.2 Å². The number of carbonyl (C=O) groups excluding carboxylic acids is 1. The molecule has 0 radical (unpaired) electrons. The maximum Gasteiger partial charge on any atom is 0.343 e. The van der Waals surface area contributed by atoms with Gasteiger partial charge in [-0.25, -0.2) is 4.79 Å². The Morgan fingerprint density at radius 1 is 1.22 bits per heavy atom. The van der Waals surface area contributed by atoms with E-state index < -0.39 is 12.1 Å². The van der Waals surface area contributed by atoms with Crippen LogP contribution in [0, 0.1) is 0 Å². The fraction of sp³-hybridized carbons (Fsp3) is 0.350. The van der Waals surface area contributed by atoms with Crippen LogP contribution in [0.25, 0.3) is 0 Å². The number of hydrogen-bond acceptors (Lipinski definition) is 7. The molecule has 3 heterocycles. The maximum absolute atomic E-state index is 12.6. The van der Waals surface area contributed by atoms with E-state index in [0.29, 0.717) is 22.8 Å². The second-order valence-electron chi connectivity index (χ2n) is 6.99. The number of benzene rings is 2. The van der Waals surface area contributed by atoms with E-state index in [1.165, 1.54) is 7.11 Å². The number of nitrogens with zero attached hydrogens (tertiary/aromatic N) is 1. The fourth-order valence-electron chi connectivity index (χ4n) is 4.26. The molecule has 5 rings (SSSR count). The number of fused-ring (bicyclic) bond motifs is 4. The van der Waals surface area contributed by atoms with Gasteiger partial charge in [0.15, 0.2) is 23.0 Å². The van der Waals surface area contributed by atoms with Gasteiger partial charge in [-0.2, -0.15) is 0 Å². The molecule has 0 aromatic heterocycles. The lowest BCUT2D eigenvalue weighted by Gasteiger charge is -2.37. The number of cyclic esters (lactones) is 1. The Hall–Kier alpha value is -2.93. The molecule has 0 fully saturated rings. The first kappa shape index (κ1) is 16.3. The number of esters is 1. The predicted molar refractivity (Wildman–Crippen MR) is 94.5 cm³/mol. The van der Waals surface area contributed by atoms with E-state index in [4.69, 9.17) is 18.9 Å². The van der Waals surface area contributed by atoms with Crippen molar-refractivity contribution >= 4 is 5.97 Å². The van der Waals surface area contributed by atoms with Crippen molar-refractivity contribution in [3.8, 4) is 23.0 Å². The number of carbonyl (C=O) groups is 1. The van der Waals surface area contributed by atoms with Gasteiger partial charge >= 0.3 is 5.97 Å². The summed E-state index contributed by atoms with van der Waals surface area (Å²) in [6, 6.07) is 7.04. The highest BCUT2D eigenvalue weighted by Crippen LogP contribution is 2.51. The lowest BCUT2D eigenvalue weighted by molar-refractivity contribution is 0.00929. The Morgan fingerprint density at radius 2 is 2.07 bits per heavy atom. The Labute approximate surface area is 156 Å². The molecule has 140 valence electrons. The third-order valence-electron chi connectivity index (χ3n) is 5.57. The van der Waals surface area contributed by atoms with Gasteiger partial charge in [-0.15, -0.1) is 0 Å². The second-order valence-corrected chi connectivity index (χ2v) is 6.99. The van der Waals surface area contributed by atoms with Crippen molar-refractivity contribution in [2.75, 3.05) is 27.5 Å². The molecule has 0 unspecified atom stereocenters. The lowest BCUT2D eigenvalue weighted by Crippen LogP contribution is -2.36. The highest BCUT2D eigenvalue weighted by atomic mass is 16.7. The molecule has 2 aromatic rings. The third kappa shape index (κ3) is 2.28. The zero-order chi connectivity index (χ0) is 18.7. The van der Waals surface area contributed by atoms with Crippen LogP contribution >= 0.6 is 0 Å². The Morgan fingerprint density at radius 3 is 2.89 bits per heavy atom. The molecule has 2 atom stereocenters. The number of likely N-dealkylation sites (N-methyl/N-ethyl adjacent to an activating group) is 1. The van der Waals surface area contributed by atoms with Crippen LogP contribution in [-0.2, 0) is 11.2 Å². The third-order valence-corrected chi connectivity index (χ3v) is 5.57. The summed E-state index contributed by atoms with van der Waals surface area (Å²) in [4.78, 5) is 14.8. The van der Waals surface area contributed by atoms with E-state index in [-0.39, 0.29) is 18.6 Å². The molecule has 0 amide bonds.